The maximum atomic E-state index is 2.23. The summed E-state index contributed by atoms with van der Waals surface area (Å²) in [4.78, 5) is 0. The summed E-state index contributed by atoms with van der Waals surface area (Å²) in [7, 11) is -0.818. The molecular weight excluding hydrogens is 582 g/mol. The Morgan fingerprint density at radius 3 is 0.816 bits per heavy atom. The zero-order valence-electron chi connectivity index (χ0n) is 20.8. The second-order valence-corrected chi connectivity index (χ2v) is 12.7. The summed E-state index contributed by atoms with van der Waals surface area (Å²) < 4.78 is 0. The van der Waals surface area contributed by atoms with Crippen molar-refractivity contribution in [3.05, 3.63) is 170 Å². The average Bonchev–Trinajstić information content (AvgIpc) is 3.68. The molecule has 0 radical (unpaired) electrons. The summed E-state index contributed by atoms with van der Waals surface area (Å²) in [5.74, 6) is 0. The smallest absolute Gasteiger partial charge is 0.213 e. The third-order valence-electron chi connectivity index (χ3n) is 5.86. The van der Waals surface area contributed by atoms with Gasteiger partial charge in [-0.15, -0.1) is 10.6 Å². The third-order valence-corrected chi connectivity index (χ3v) is 10.8. The fraction of sp³-hybridized carbons (Fsp3) is 0. The van der Waals surface area contributed by atoms with Crippen LogP contribution in [0.5, 0.6) is 0 Å². The van der Waals surface area contributed by atoms with Gasteiger partial charge >= 0.3 is 17.1 Å². The van der Waals surface area contributed by atoms with Gasteiger partial charge in [0, 0.05) is 17.1 Å². The number of hydrogen-bond donors (Lipinski definition) is 0. The minimum absolute atomic E-state index is 0. The normalized spacial score (nSPS) is 10.2. The molecular formula is C34H28Fe2P2. The Balaban J connectivity index is 0.000000200. The SMILES string of the molecule is [Fe+2].[Fe].c1ccc(P(c2ccccc2)c2ccc[cH-]2)cc1.c1ccc(P(c2ccccc2)c2ccc[cH-]2)cc1. The molecule has 6 aromatic rings. The zero-order valence-corrected chi connectivity index (χ0v) is 24.8. The van der Waals surface area contributed by atoms with Gasteiger partial charge in [0.15, 0.2) is 0 Å². The molecule has 0 heterocycles. The van der Waals surface area contributed by atoms with E-state index in [4.69, 9.17) is 0 Å². The summed E-state index contributed by atoms with van der Waals surface area (Å²) in [6.07, 6.45) is 0. The number of hydrogen-bond acceptors (Lipinski definition) is 0. The average molecular weight is 610 g/mol. The summed E-state index contributed by atoms with van der Waals surface area (Å²) in [5.41, 5.74) is 0. The Morgan fingerprint density at radius 2 is 0.605 bits per heavy atom. The first-order valence-electron chi connectivity index (χ1n) is 12.1. The number of rotatable bonds is 6. The first-order chi connectivity index (χ1) is 17.9. The van der Waals surface area contributed by atoms with Gasteiger partial charge in [0.25, 0.3) is 0 Å². The van der Waals surface area contributed by atoms with Gasteiger partial charge in [0.2, 0.25) is 0 Å². The van der Waals surface area contributed by atoms with Crippen LogP contribution in [0, 0.1) is 0 Å². The van der Waals surface area contributed by atoms with Crippen molar-refractivity contribution < 1.29 is 34.1 Å². The fourth-order valence-corrected chi connectivity index (χ4v) is 8.84. The Labute approximate surface area is 250 Å². The Morgan fingerprint density at radius 1 is 0.342 bits per heavy atom. The topological polar surface area (TPSA) is 0 Å². The van der Waals surface area contributed by atoms with Crippen molar-refractivity contribution in [2.75, 3.05) is 0 Å². The van der Waals surface area contributed by atoms with E-state index in [1.165, 1.54) is 31.8 Å². The van der Waals surface area contributed by atoms with E-state index in [2.05, 4.69) is 170 Å². The minimum atomic E-state index is -0.409. The Kier molecular flexibility index (Phi) is 12.5. The molecule has 0 saturated carbocycles. The summed E-state index contributed by atoms with van der Waals surface area (Å²) in [6, 6.07) is 60.5. The maximum absolute atomic E-state index is 2.23. The second kappa shape index (κ2) is 15.8. The standard InChI is InChI=1S/2C17H14P.2Fe/c2*1-3-9-15(10-4-1)18(17-13-7-8-14-17)16-11-5-2-6-12-16;;/h2*1-14H;;/q2*-1;;+2. The van der Waals surface area contributed by atoms with Gasteiger partial charge in [-0.3, -0.25) is 0 Å². The van der Waals surface area contributed by atoms with Gasteiger partial charge in [-0.2, -0.15) is 24.3 Å². The van der Waals surface area contributed by atoms with Crippen LogP contribution in [0.4, 0.5) is 0 Å². The molecule has 0 saturated heterocycles. The van der Waals surface area contributed by atoms with Crippen molar-refractivity contribution >= 4 is 47.7 Å². The molecule has 4 heteroatoms. The van der Waals surface area contributed by atoms with E-state index < -0.39 is 15.8 Å². The van der Waals surface area contributed by atoms with Crippen molar-refractivity contribution in [3.63, 3.8) is 0 Å². The molecule has 6 aromatic carbocycles. The molecule has 0 aliphatic rings. The van der Waals surface area contributed by atoms with Gasteiger partial charge in [-0.25, -0.2) is 24.3 Å². The van der Waals surface area contributed by atoms with Gasteiger partial charge in [-0.05, 0) is 37.1 Å². The molecule has 0 aromatic heterocycles. The molecule has 0 spiro atoms. The van der Waals surface area contributed by atoms with E-state index in [0.29, 0.717) is 0 Å². The van der Waals surface area contributed by atoms with Crippen molar-refractivity contribution in [3.8, 4) is 0 Å². The van der Waals surface area contributed by atoms with Gasteiger partial charge < -0.3 is 0 Å². The molecule has 0 aliphatic heterocycles. The van der Waals surface area contributed by atoms with E-state index in [1.807, 2.05) is 0 Å². The number of benzene rings is 4. The molecule has 38 heavy (non-hydrogen) atoms. The van der Waals surface area contributed by atoms with E-state index in [0.717, 1.165) is 0 Å². The molecule has 190 valence electrons. The van der Waals surface area contributed by atoms with Crippen LogP contribution >= 0.6 is 15.8 Å². The largest absolute Gasteiger partial charge is 2.00 e. The van der Waals surface area contributed by atoms with E-state index >= 15 is 0 Å². The Hall–Kier alpha value is -2.52. The van der Waals surface area contributed by atoms with Crippen molar-refractivity contribution in [1.29, 1.82) is 0 Å². The van der Waals surface area contributed by atoms with Crippen LogP contribution in [0.15, 0.2) is 170 Å². The van der Waals surface area contributed by atoms with E-state index in [9.17, 15) is 0 Å². The molecule has 0 N–H and O–H groups in total. The van der Waals surface area contributed by atoms with E-state index in [-0.39, 0.29) is 34.1 Å². The van der Waals surface area contributed by atoms with Crippen LogP contribution in [-0.2, 0) is 34.1 Å². The first-order valence-corrected chi connectivity index (χ1v) is 14.8. The fourth-order valence-electron chi connectivity index (χ4n) is 4.23. The third kappa shape index (κ3) is 7.76. The predicted molar refractivity (Wildman–Crippen MR) is 161 cm³/mol. The van der Waals surface area contributed by atoms with Crippen molar-refractivity contribution in [1.82, 2.24) is 0 Å². The maximum Gasteiger partial charge on any atom is 2.00 e. The van der Waals surface area contributed by atoms with Crippen LogP contribution in [0.1, 0.15) is 0 Å². The molecule has 0 atom stereocenters. The van der Waals surface area contributed by atoms with Crippen molar-refractivity contribution in [2.45, 2.75) is 0 Å². The van der Waals surface area contributed by atoms with Gasteiger partial charge in [0.1, 0.15) is 0 Å². The molecule has 0 nitrogen and oxygen atoms in total. The molecule has 0 aliphatic carbocycles. The van der Waals surface area contributed by atoms with E-state index in [1.54, 1.807) is 0 Å². The van der Waals surface area contributed by atoms with Crippen molar-refractivity contribution in [2.24, 2.45) is 0 Å². The first kappa shape index (κ1) is 30.0. The van der Waals surface area contributed by atoms with Crippen LogP contribution in [0.3, 0.4) is 0 Å². The molecule has 0 bridgehead atoms. The molecule has 0 amide bonds. The van der Waals surface area contributed by atoms with Crippen LogP contribution in [-0.4, -0.2) is 0 Å². The van der Waals surface area contributed by atoms with Gasteiger partial charge in [0.05, 0.1) is 0 Å². The second-order valence-electron chi connectivity index (χ2n) is 8.30. The summed E-state index contributed by atoms with van der Waals surface area (Å²) in [5, 5.41) is 8.47. The van der Waals surface area contributed by atoms with Crippen LogP contribution < -0.4 is 31.8 Å². The quantitative estimate of drug-likeness (QED) is 0.118. The molecule has 6 rings (SSSR count). The minimum Gasteiger partial charge on any atom is -0.213 e. The molecule has 0 unspecified atom stereocenters. The van der Waals surface area contributed by atoms with Gasteiger partial charge in [-0.1, -0.05) is 121 Å². The predicted octanol–water partition coefficient (Wildman–Crippen LogP) is 6.32. The zero-order chi connectivity index (χ0) is 24.4. The Bertz CT molecular complexity index is 1210. The molecule has 0 fully saturated rings. The monoisotopic (exact) mass is 610 g/mol. The summed E-state index contributed by atoms with van der Waals surface area (Å²) >= 11 is 0. The van der Waals surface area contributed by atoms with Crippen LogP contribution in [0.25, 0.3) is 0 Å². The summed E-state index contributed by atoms with van der Waals surface area (Å²) in [6.45, 7) is 0. The van der Waals surface area contributed by atoms with Crippen LogP contribution in [0.2, 0.25) is 0 Å².